The van der Waals surface area contributed by atoms with Gasteiger partial charge >= 0.3 is 0 Å². The SMILES string of the molecule is COCCOCOc1ccc(-c2cccc(F)c2)cc1Br. The Morgan fingerprint density at radius 1 is 1.05 bits per heavy atom. The van der Waals surface area contributed by atoms with Crippen LogP contribution in [-0.4, -0.2) is 27.1 Å². The molecular formula is C16H16BrFO3. The molecule has 0 N–H and O–H groups in total. The molecule has 0 atom stereocenters. The zero-order valence-electron chi connectivity index (χ0n) is 11.6. The van der Waals surface area contributed by atoms with Crippen molar-refractivity contribution in [3.05, 3.63) is 52.8 Å². The van der Waals surface area contributed by atoms with Crippen molar-refractivity contribution >= 4 is 15.9 Å². The lowest BCUT2D eigenvalue weighted by Gasteiger charge is -2.10. The van der Waals surface area contributed by atoms with E-state index in [9.17, 15) is 4.39 Å². The number of benzene rings is 2. The highest BCUT2D eigenvalue weighted by Crippen LogP contribution is 2.31. The minimum atomic E-state index is -0.254. The Bertz CT molecular complexity index is 589. The van der Waals surface area contributed by atoms with Crippen molar-refractivity contribution in [3.8, 4) is 16.9 Å². The van der Waals surface area contributed by atoms with Crippen LogP contribution in [0.4, 0.5) is 4.39 Å². The largest absolute Gasteiger partial charge is 0.466 e. The summed E-state index contributed by atoms with van der Waals surface area (Å²) in [6, 6.07) is 12.1. The molecule has 0 saturated heterocycles. The molecule has 2 rings (SSSR count). The summed E-state index contributed by atoms with van der Waals surface area (Å²) in [4.78, 5) is 0. The third-order valence-electron chi connectivity index (χ3n) is 2.82. The van der Waals surface area contributed by atoms with Crippen LogP contribution in [0.3, 0.4) is 0 Å². The highest BCUT2D eigenvalue weighted by atomic mass is 79.9. The lowest BCUT2D eigenvalue weighted by molar-refractivity contribution is -0.00879. The van der Waals surface area contributed by atoms with E-state index < -0.39 is 0 Å². The smallest absolute Gasteiger partial charge is 0.189 e. The van der Waals surface area contributed by atoms with Crippen LogP contribution in [0.1, 0.15) is 0 Å². The maximum absolute atomic E-state index is 13.2. The van der Waals surface area contributed by atoms with Crippen LogP contribution < -0.4 is 4.74 Å². The highest BCUT2D eigenvalue weighted by Gasteiger charge is 2.05. The van der Waals surface area contributed by atoms with E-state index in [0.29, 0.717) is 19.0 Å². The third-order valence-corrected chi connectivity index (χ3v) is 3.44. The predicted octanol–water partition coefficient (Wildman–Crippen LogP) is 4.25. The molecule has 5 heteroatoms. The van der Waals surface area contributed by atoms with Crippen LogP contribution in [0.15, 0.2) is 46.9 Å². The van der Waals surface area contributed by atoms with E-state index in [0.717, 1.165) is 15.6 Å². The van der Waals surface area contributed by atoms with Gasteiger partial charge in [-0.3, -0.25) is 0 Å². The first-order valence-corrected chi connectivity index (χ1v) is 7.25. The Balaban J connectivity index is 2.00. The molecule has 3 nitrogen and oxygen atoms in total. The molecule has 2 aromatic rings. The van der Waals surface area contributed by atoms with Crippen LogP contribution in [0.2, 0.25) is 0 Å². The molecule has 0 heterocycles. The van der Waals surface area contributed by atoms with Crippen molar-refractivity contribution in [2.45, 2.75) is 0 Å². The lowest BCUT2D eigenvalue weighted by Crippen LogP contribution is -2.07. The summed E-state index contributed by atoms with van der Waals surface area (Å²) in [6.45, 7) is 1.17. The van der Waals surface area contributed by atoms with Gasteiger partial charge in [0.05, 0.1) is 17.7 Å². The lowest BCUT2D eigenvalue weighted by atomic mass is 10.1. The molecule has 0 aliphatic rings. The summed E-state index contributed by atoms with van der Waals surface area (Å²) in [5.41, 5.74) is 1.73. The van der Waals surface area contributed by atoms with E-state index in [-0.39, 0.29) is 12.6 Å². The van der Waals surface area contributed by atoms with Gasteiger partial charge in [0.1, 0.15) is 11.6 Å². The average Bonchev–Trinajstić information content (AvgIpc) is 2.48. The van der Waals surface area contributed by atoms with Crippen molar-refractivity contribution in [2.75, 3.05) is 27.1 Å². The van der Waals surface area contributed by atoms with E-state index in [1.54, 1.807) is 13.2 Å². The van der Waals surface area contributed by atoms with E-state index >= 15 is 0 Å². The minimum Gasteiger partial charge on any atom is -0.466 e. The molecule has 21 heavy (non-hydrogen) atoms. The van der Waals surface area contributed by atoms with E-state index in [1.165, 1.54) is 12.1 Å². The summed E-state index contributed by atoms with van der Waals surface area (Å²) >= 11 is 3.45. The van der Waals surface area contributed by atoms with Gasteiger partial charge in [-0.15, -0.1) is 0 Å². The second-order valence-corrected chi connectivity index (χ2v) is 5.17. The topological polar surface area (TPSA) is 27.7 Å². The molecule has 0 fully saturated rings. The van der Waals surface area contributed by atoms with E-state index in [4.69, 9.17) is 14.2 Å². The number of rotatable bonds is 7. The number of halogens is 2. The van der Waals surface area contributed by atoms with Gasteiger partial charge in [-0.25, -0.2) is 4.39 Å². The summed E-state index contributed by atoms with van der Waals surface area (Å²) in [5.74, 6) is 0.420. The molecule has 2 aromatic carbocycles. The maximum atomic E-state index is 13.2. The number of ether oxygens (including phenoxy) is 3. The first-order chi connectivity index (χ1) is 10.2. The fraction of sp³-hybridized carbons (Fsp3) is 0.250. The molecule has 0 aliphatic heterocycles. The Kier molecular flexibility index (Phi) is 6.17. The van der Waals surface area contributed by atoms with Crippen molar-refractivity contribution in [2.24, 2.45) is 0 Å². The Morgan fingerprint density at radius 2 is 1.86 bits per heavy atom. The molecule has 112 valence electrons. The molecule has 0 radical (unpaired) electrons. The van der Waals surface area contributed by atoms with Crippen LogP contribution in [0.25, 0.3) is 11.1 Å². The van der Waals surface area contributed by atoms with Gasteiger partial charge in [-0.2, -0.15) is 0 Å². The average molecular weight is 355 g/mol. The van der Waals surface area contributed by atoms with E-state index in [2.05, 4.69) is 15.9 Å². The maximum Gasteiger partial charge on any atom is 0.189 e. The zero-order valence-corrected chi connectivity index (χ0v) is 13.2. The van der Waals surface area contributed by atoms with Crippen molar-refractivity contribution in [3.63, 3.8) is 0 Å². The van der Waals surface area contributed by atoms with E-state index in [1.807, 2.05) is 24.3 Å². The molecule has 0 unspecified atom stereocenters. The molecule has 0 aliphatic carbocycles. The Labute approximate surface area is 131 Å². The van der Waals surface area contributed by atoms with Gasteiger partial charge in [-0.1, -0.05) is 18.2 Å². The summed E-state index contributed by atoms with van der Waals surface area (Å²) in [7, 11) is 1.62. The van der Waals surface area contributed by atoms with Gasteiger partial charge < -0.3 is 14.2 Å². The number of hydrogen-bond acceptors (Lipinski definition) is 3. The number of methoxy groups -OCH3 is 1. The zero-order chi connectivity index (χ0) is 15.1. The quantitative estimate of drug-likeness (QED) is 0.549. The molecular weight excluding hydrogens is 339 g/mol. The predicted molar refractivity (Wildman–Crippen MR) is 82.9 cm³/mol. The van der Waals surface area contributed by atoms with Crippen molar-refractivity contribution < 1.29 is 18.6 Å². The van der Waals surface area contributed by atoms with Crippen molar-refractivity contribution in [1.29, 1.82) is 0 Å². The number of hydrogen-bond donors (Lipinski definition) is 0. The van der Waals surface area contributed by atoms with Gasteiger partial charge in [0.25, 0.3) is 0 Å². The second kappa shape index (κ2) is 8.12. The minimum absolute atomic E-state index is 0.154. The first-order valence-electron chi connectivity index (χ1n) is 6.45. The second-order valence-electron chi connectivity index (χ2n) is 4.32. The molecule has 0 spiro atoms. The highest BCUT2D eigenvalue weighted by molar-refractivity contribution is 9.10. The van der Waals surface area contributed by atoms with Gasteiger partial charge in [-0.05, 0) is 51.3 Å². The molecule has 0 aromatic heterocycles. The van der Waals surface area contributed by atoms with Gasteiger partial charge in [0.2, 0.25) is 0 Å². The van der Waals surface area contributed by atoms with Crippen LogP contribution in [0.5, 0.6) is 5.75 Å². The van der Waals surface area contributed by atoms with Gasteiger partial charge in [0.15, 0.2) is 6.79 Å². The molecule has 0 saturated carbocycles. The van der Waals surface area contributed by atoms with Crippen molar-refractivity contribution in [1.82, 2.24) is 0 Å². The summed E-state index contributed by atoms with van der Waals surface area (Å²) in [5, 5.41) is 0. The monoisotopic (exact) mass is 354 g/mol. The van der Waals surface area contributed by atoms with Crippen LogP contribution in [0, 0.1) is 5.82 Å². The third kappa shape index (κ3) is 4.81. The molecule has 0 bridgehead atoms. The summed E-state index contributed by atoms with van der Waals surface area (Å²) in [6.07, 6.45) is 0. The first kappa shape index (κ1) is 15.9. The fourth-order valence-corrected chi connectivity index (χ4v) is 2.27. The van der Waals surface area contributed by atoms with Gasteiger partial charge in [0, 0.05) is 7.11 Å². The standard InChI is InChI=1S/C16H16BrFO3/c1-19-7-8-20-11-21-16-6-5-13(10-15(16)17)12-3-2-4-14(18)9-12/h2-6,9-10H,7-8,11H2,1H3. The Hall–Kier alpha value is -1.43. The Morgan fingerprint density at radius 3 is 2.57 bits per heavy atom. The van der Waals surface area contributed by atoms with Crippen LogP contribution in [-0.2, 0) is 9.47 Å². The summed E-state index contributed by atoms with van der Waals surface area (Å²) < 4.78 is 29.6. The fourth-order valence-electron chi connectivity index (χ4n) is 1.77. The van der Waals surface area contributed by atoms with Crippen LogP contribution >= 0.6 is 15.9 Å². The normalized spacial score (nSPS) is 10.6. The molecule has 0 amide bonds.